The number of nitrogens with two attached hydrogens (primary N) is 1. The van der Waals surface area contributed by atoms with Crippen LogP contribution in [0.2, 0.25) is 0 Å². The summed E-state index contributed by atoms with van der Waals surface area (Å²) in [5.74, 6) is -0.776. The van der Waals surface area contributed by atoms with Gasteiger partial charge in [-0.25, -0.2) is 0 Å². The minimum Gasteiger partial charge on any atom is -0.349 e. The van der Waals surface area contributed by atoms with Crippen molar-refractivity contribution in [3.63, 3.8) is 0 Å². The van der Waals surface area contributed by atoms with Gasteiger partial charge in [-0.2, -0.15) is 13.2 Å². The molecule has 0 spiro atoms. The molecule has 0 atom stereocenters. The number of rotatable bonds is 3. The number of carbonyl (C=O) groups is 2. The maximum absolute atomic E-state index is 13.2. The van der Waals surface area contributed by atoms with Gasteiger partial charge in [-0.3, -0.25) is 9.59 Å². The number of halogens is 3. The van der Waals surface area contributed by atoms with Crippen LogP contribution < -0.4 is 16.0 Å². The highest BCUT2D eigenvalue weighted by Gasteiger charge is 2.34. The Labute approximate surface area is 149 Å². The number of hydrogen-bond acceptors (Lipinski definition) is 3. The lowest BCUT2D eigenvalue weighted by molar-refractivity contribution is -0.137. The second kappa shape index (κ2) is 7.26. The van der Waals surface area contributed by atoms with Gasteiger partial charge in [-0.05, 0) is 50.3 Å². The highest BCUT2D eigenvalue weighted by Crippen LogP contribution is 2.34. The second-order valence-corrected chi connectivity index (χ2v) is 7.00. The fourth-order valence-electron chi connectivity index (χ4n) is 3.52. The molecule has 0 aromatic heterocycles. The molecule has 1 aromatic carbocycles. The lowest BCUT2D eigenvalue weighted by Gasteiger charge is -2.27. The van der Waals surface area contributed by atoms with E-state index in [-0.39, 0.29) is 29.2 Å². The molecule has 5 nitrogen and oxygen atoms in total. The van der Waals surface area contributed by atoms with Crippen LogP contribution in [0.15, 0.2) is 18.2 Å². The Morgan fingerprint density at radius 2 is 1.85 bits per heavy atom. The molecule has 142 valence electrons. The average Bonchev–Trinajstić information content (AvgIpc) is 3.02. The van der Waals surface area contributed by atoms with Gasteiger partial charge in [0.25, 0.3) is 5.91 Å². The van der Waals surface area contributed by atoms with E-state index < -0.39 is 17.6 Å². The number of nitrogens with one attached hydrogen (secondary N) is 1. The first-order valence-corrected chi connectivity index (χ1v) is 8.83. The summed E-state index contributed by atoms with van der Waals surface area (Å²) in [7, 11) is 0. The van der Waals surface area contributed by atoms with Crippen LogP contribution >= 0.6 is 0 Å². The van der Waals surface area contributed by atoms with Gasteiger partial charge in [-0.15, -0.1) is 0 Å². The summed E-state index contributed by atoms with van der Waals surface area (Å²) in [5.41, 5.74) is 4.95. The van der Waals surface area contributed by atoms with Crippen molar-refractivity contribution in [3.8, 4) is 0 Å². The van der Waals surface area contributed by atoms with Crippen molar-refractivity contribution >= 4 is 17.5 Å². The van der Waals surface area contributed by atoms with Gasteiger partial charge in [0.05, 0.1) is 5.56 Å². The van der Waals surface area contributed by atoms with Gasteiger partial charge in [0.2, 0.25) is 5.91 Å². The highest BCUT2D eigenvalue weighted by atomic mass is 19.4. The fourth-order valence-corrected chi connectivity index (χ4v) is 3.52. The van der Waals surface area contributed by atoms with Crippen molar-refractivity contribution in [1.29, 1.82) is 0 Å². The highest BCUT2D eigenvalue weighted by molar-refractivity contribution is 5.99. The van der Waals surface area contributed by atoms with Crippen LogP contribution in [0.4, 0.5) is 18.9 Å². The molecule has 2 fully saturated rings. The predicted molar refractivity (Wildman–Crippen MR) is 90.7 cm³/mol. The summed E-state index contributed by atoms with van der Waals surface area (Å²) in [6, 6.07) is 3.16. The quantitative estimate of drug-likeness (QED) is 0.860. The zero-order valence-electron chi connectivity index (χ0n) is 14.3. The van der Waals surface area contributed by atoms with Gasteiger partial charge >= 0.3 is 6.18 Å². The molecule has 1 saturated carbocycles. The van der Waals surface area contributed by atoms with Crippen molar-refractivity contribution in [1.82, 2.24) is 5.32 Å². The smallest absolute Gasteiger partial charge is 0.349 e. The Bertz CT molecular complexity index is 697. The third-order valence-corrected chi connectivity index (χ3v) is 5.00. The molecular weight excluding hydrogens is 347 g/mol. The van der Waals surface area contributed by atoms with Gasteiger partial charge < -0.3 is 16.0 Å². The second-order valence-electron chi connectivity index (χ2n) is 7.00. The largest absolute Gasteiger partial charge is 0.416 e. The maximum atomic E-state index is 13.2. The zero-order chi connectivity index (χ0) is 18.9. The van der Waals surface area contributed by atoms with E-state index in [0.29, 0.717) is 32.2 Å². The van der Waals surface area contributed by atoms with Crippen molar-refractivity contribution in [2.45, 2.75) is 56.8 Å². The molecule has 2 aliphatic rings. The summed E-state index contributed by atoms with van der Waals surface area (Å²) in [4.78, 5) is 25.7. The first-order chi connectivity index (χ1) is 12.2. The van der Waals surface area contributed by atoms with Gasteiger partial charge in [-0.1, -0.05) is 0 Å². The van der Waals surface area contributed by atoms with E-state index in [0.717, 1.165) is 25.0 Å². The SMILES string of the molecule is NC1CCC(NC(=O)c2cc(N3CCCC3=O)cc(C(F)(F)F)c2)CC1. The molecule has 2 amide bonds. The molecule has 1 saturated heterocycles. The Morgan fingerprint density at radius 1 is 1.15 bits per heavy atom. The van der Waals surface area contributed by atoms with E-state index in [1.165, 1.54) is 11.0 Å². The number of benzene rings is 1. The summed E-state index contributed by atoms with van der Waals surface area (Å²) in [6.07, 6.45) is -0.709. The van der Waals surface area contributed by atoms with E-state index in [1.807, 2.05) is 0 Å². The molecule has 0 bridgehead atoms. The van der Waals surface area contributed by atoms with E-state index in [2.05, 4.69) is 5.32 Å². The standard InChI is InChI=1S/C18H22F3N3O2/c19-18(20,21)12-8-11(9-15(10-12)24-7-1-2-16(24)25)17(26)23-14-5-3-13(22)4-6-14/h8-10,13-14H,1-7,22H2,(H,23,26). The summed E-state index contributed by atoms with van der Waals surface area (Å²) in [5, 5.41) is 2.80. The Morgan fingerprint density at radius 3 is 2.42 bits per heavy atom. The van der Waals surface area contributed by atoms with Crippen LogP contribution in [-0.2, 0) is 11.0 Å². The van der Waals surface area contributed by atoms with Crippen molar-refractivity contribution < 1.29 is 22.8 Å². The monoisotopic (exact) mass is 369 g/mol. The Kier molecular flexibility index (Phi) is 5.22. The minimum absolute atomic E-state index is 0.0793. The predicted octanol–water partition coefficient (Wildman–Crippen LogP) is 2.83. The van der Waals surface area contributed by atoms with Crippen molar-refractivity contribution in [2.24, 2.45) is 5.73 Å². The van der Waals surface area contributed by atoms with Crippen LogP contribution in [0.1, 0.15) is 54.4 Å². The van der Waals surface area contributed by atoms with Gasteiger partial charge in [0, 0.05) is 36.3 Å². The molecule has 1 heterocycles. The van der Waals surface area contributed by atoms with Crippen LogP contribution in [0, 0.1) is 0 Å². The average molecular weight is 369 g/mol. The van der Waals surface area contributed by atoms with Crippen LogP contribution in [0.25, 0.3) is 0 Å². The number of carbonyl (C=O) groups excluding carboxylic acids is 2. The molecule has 1 aliphatic carbocycles. The molecule has 1 aliphatic heterocycles. The molecule has 0 unspecified atom stereocenters. The van der Waals surface area contributed by atoms with Crippen molar-refractivity contribution in [3.05, 3.63) is 29.3 Å². The molecule has 0 radical (unpaired) electrons. The first kappa shape index (κ1) is 18.7. The van der Waals surface area contributed by atoms with E-state index in [4.69, 9.17) is 5.73 Å². The Balaban J connectivity index is 1.85. The summed E-state index contributed by atoms with van der Waals surface area (Å²) in [6.45, 7) is 0.363. The third kappa shape index (κ3) is 4.17. The number of nitrogens with zero attached hydrogens (tertiary/aromatic N) is 1. The molecule has 3 rings (SSSR count). The third-order valence-electron chi connectivity index (χ3n) is 5.00. The Hall–Kier alpha value is -2.09. The van der Waals surface area contributed by atoms with E-state index in [1.54, 1.807) is 0 Å². The van der Waals surface area contributed by atoms with E-state index >= 15 is 0 Å². The van der Waals surface area contributed by atoms with Crippen molar-refractivity contribution in [2.75, 3.05) is 11.4 Å². The zero-order valence-corrected chi connectivity index (χ0v) is 14.3. The minimum atomic E-state index is -4.59. The fraction of sp³-hybridized carbons (Fsp3) is 0.556. The lowest BCUT2D eigenvalue weighted by atomic mass is 9.91. The molecule has 1 aromatic rings. The molecule has 26 heavy (non-hydrogen) atoms. The van der Waals surface area contributed by atoms with Crippen LogP contribution in [0.5, 0.6) is 0 Å². The number of alkyl halides is 3. The molecular formula is C18H22F3N3O2. The molecule has 8 heteroatoms. The maximum Gasteiger partial charge on any atom is 0.416 e. The van der Waals surface area contributed by atoms with Gasteiger partial charge in [0.15, 0.2) is 0 Å². The first-order valence-electron chi connectivity index (χ1n) is 8.83. The van der Waals surface area contributed by atoms with Crippen LogP contribution in [-0.4, -0.2) is 30.4 Å². The topological polar surface area (TPSA) is 75.4 Å². The van der Waals surface area contributed by atoms with Crippen LogP contribution in [0.3, 0.4) is 0 Å². The van der Waals surface area contributed by atoms with Gasteiger partial charge in [0.1, 0.15) is 0 Å². The van der Waals surface area contributed by atoms with E-state index in [9.17, 15) is 22.8 Å². The number of anilines is 1. The number of hydrogen-bond donors (Lipinski definition) is 2. The number of amides is 2. The normalized spacial score (nSPS) is 24.0. The summed E-state index contributed by atoms with van der Waals surface area (Å²) < 4.78 is 39.7. The molecule has 3 N–H and O–H groups in total. The summed E-state index contributed by atoms with van der Waals surface area (Å²) >= 11 is 0. The lowest BCUT2D eigenvalue weighted by Crippen LogP contribution is -2.40.